The van der Waals surface area contributed by atoms with E-state index in [4.69, 9.17) is 10.6 Å². The molecule has 22 nitrogen and oxygen atoms in total. The van der Waals surface area contributed by atoms with E-state index >= 15 is 0 Å². The number of rotatable bonds is 10. The molecule has 2 aliphatic rings. The first-order valence-electron chi connectivity index (χ1n) is 12.6. The van der Waals surface area contributed by atoms with Crippen LogP contribution in [0.15, 0.2) is 27.6 Å². The van der Waals surface area contributed by atoms with Crippen molar-refractivity contribution in [1.29, 1.82) is 0 Å². The molecule has 47 heavy (non-hydrogen) atoms. The number of anilines is 1. The number of aliphatic carboxylic acids is 1. The van der Waals surface area contributed by atoms with Crippen LogP contribution in [0.25, 0.3) is 0 Å². The van der Waals surface area contributed by atoms with Crippen LogP contribution in [0.1, 0.15) is 31.5 Å². The van der Waals surface area contributed by atoms with Gasteiger partial charge in [0, 0.05) is 17.6 Å². The minimum atomic E-state index is -4.90. The van der Waals surface area contributed by atoms with E-state index in [1.54, 1.807) is 4.72 Å². The van der Waals surface area contributed by atoms with Gasteiger partial charge < -0.3 is 32.5 Å². The number of imide groups is 1. The van der Waals surface area contributed by atoms with Crippen molar-refractivity contribution in [2.45, 2.75) is 25.5 Å². The van der Waals surface area contributed by atoms with Gasteiger partial charge in [0.2, 0.25) is 11.0 Å². The van der Waals surface area contributed by atoms with Crippen LogP contribution in [0.5, 0.6) is 5.75 Å². The van der Waals surface area contributed by atoms with Gasteiger partial charge in [0.25, 0.3) is 17.7 Å². The van der Waals surface area contributed by atoms with Crippen molar-refractivity contribution in [1.82, 2.24) is 39.6 Å². The van der Waals surface area contributed by atoms with Gasteiger partial charge in [-0.15, -0.1) is 11.3 Å². The van der Waals surface area contributed by atoms with Crippen LogP contribution in [0.4, 0.5) is 14.7 Å². The SMILES string of the molecule is CC(C)(ON=C(C(=O)N[C@H]1CN(C(=O)NS(=O)(=O)N2CCN(NC(=O)c3cc(=O)c(O)c[nH]3)C2=O)C1=O)c1csc(N)n1)C(=O)O.[H-].[Na+]. The number of nitrogens with two attached hydrogens (primary N) is 1. The molecule has 8 N–H and O–H groups in total. The van der Waals surface area contributed by atoms with E-state index in [1.807, 2.05) is 0 Å². The van der Waals surface area contributed by atoms with Crippen LogP contribution < -0.4 is 56.2 Å². The van der Waals surface area contributed by atoms with Crippen molar-refractivity contribution in [2.75, 3.05) is 25.4 Å². The average molecular weight is 709 g/mol. The van der Waals surface area contributed by atoms with E-state index in [0.717, 1.165) is 37.4 Å². The monoisotopic (exact) mass is 708 g/mol. The summed E-state index contributed by atoms with van der Waals surface area (Å²) in [6, 6.07) is -3.34. The number of nitrogens with zero attached hydrogens (tertiary/aromatic N) is 5. The Morgan fingerprint density at radius 3 is 2.49 bits per heavy atom. The number of hydrazine groups is 1. The number of thiazole rings is 1. The van der Waals surface area contributed by atoms with Gasteiger partial charge in [-0.25, -0.2) is 33.4 Å². The number of hydrogen-bond acceptors (Lipinski definition) is 15. The molecule has 4 rings (SSSR count). The Hall–Kier alpha value is -4.78. The Kier molecular flexibility index (Phi) is 10.9. The Balaban J connectivity index is 0.00000400. The second kappa shape index (κ2) is 13.9. The zero-order valence-corrected chi connectivity index (χ0v) is 28.2. The number of aromatic hydroxyl groups is 1. The van der Waals surface area contributed by atoms with Crippen LogP contribution in [0.2, 0.25) is 0 Å². The molecule has 4 heterocycles. The van der Waals surface area contributed by atoms with E-state index in [2.05, 4.69) is 25.9 Å². The molecule has 7 amide bonds. The second-order valence-corrected chi connectivity index (χ2v) is 12.3. The molecule has 0 aromatic carbocycles. The number of carboxylic acids is 1. The van der Waals surface area contributed by atoms with Crippen molar-refractivity contribution < 1.29 is 83.2 Å². The maximum atomic E-state index is 12.9. The van der Waals surface area contributed by atoms with Gasteiger partial charge >= 0.3 is 57.8 Å². The van der Waals surface area contributed by atoms with Crippen molar-refractivity contribution in [3.63, 3.8) is 0 Å². The average Bonchev–Trinajstić information content (AvgIpc) is 3.56. The minimum Gasteiger partial charge on any atom is -1.00 e. The molecule has 0 unspecified atom stereocenters. The molecule has 2 aromatic heterocycles. The smallest absolute Gasteiger partial charge is 1.00 e. The number of pyridine rings is 1. The Bertz CT molecular complexity index is 1850. The summed E-state index contributed by atoms with van der Waals surface area (Å²) in [6.07, 6.45) is 0.837. The Morgan fingerprint density at radius 1 is 1.23 bits per heavy atom. The van der Waals surface area contributed by atoms with E-state index in [0.29, 0.717) is 9.91 Å². The number of H-pyrrole nitrogens is 1. The number of carbonyl (C=O) groups excluding carboxylic acids is 5. The molecule has 1 atom stereocenters. The van der Waals surface area contributed by atoms with Crippen molar-refractivity contribution in [3.05, 3.63) is 39.3 Å². The molecule has 0 bridgehead atoms. The van der Waals surface area contributed by atoms with Crippen LogP contribution in [-0.2, 0) is 29.4 Å². The maximum absolute atomic E-state index is 12.9. The topological polar surface area (TPSA) is 316 Å². The quantitative estimate of drug-likeness (QED) is 0.0524. The summed E-state index contributed by atoms with van der Waals surface area (Å²) in [7, 11) is -4.90. The van der Waals surface area contributed by atoms with Crippen LogP contribution in [-0.4, -0.2) is 116 Å². The molecule has 25 heteroatoms. The van der Waals surface area contributed by atoms with E-state index in [-0.39, 0.29) is 58.4 Å². The number of likely N-dealkylation sites (tertiary alicyclic amines) is 1. The summed E-state index contributed by atoms with van der Waals surface area (Å²) in [4.78, 5) is 97.6. The van der Waals surface area contributed by atoms with Gasteiger partial charge in [-0.3, -0.25) is 29.5 Å². The van der Waals surface area contributed by atoms with E-state index in [9.17, 15) is 52.2 Å². The van der Waals surface area contributed by atoms with Crippen LogP contribution in [0.3, 0.4) is 0 Å². The van der Waals surface area contributed by atoms with Crippen molar-refractivity contribution >= 4 is 68.1 Å². The van der Waals surface area contributed by atoms with E-state index in [1.165, 1.54) is 5.38 Å². The normalized spacial score (nSPS) is 16.6. The summed E-state index contributed by atoms with van der Waals surface area (Å²) < 4.78 is 27.3. The third kappa shape index (κ3) is 7.97. The number of carbonyl (C=O) groups is 6. The van der Waals surface area contributed by atoms with Gasteiger partial charge in [-0.1, -0.05) is 5.16 Å². The number of hydrogen-bond donors (Lipinski definition) is 7. The summed E-state index contributed by atoms with van der Waals surface area (Å²) in [5, 5.41) is 26.3. The number of nitrogens with one attached hydrogen (secondary N) is 4. The van der Waals surface area contributed by atoms with Crippen LogP contribution >= 0.6 is 11.3 Å². The molecule has 0 saturated carbocycles. The summed E-state index contributed by atoms with van der Waals surface area (Å²) in [6.45, 7) is 0.924. The molecule has 0 spiro atoms. The first kappa shape index (κ1) is 36.7. The Labute approximate surface area is 290 Å². The molecule has 2 saturated heterocycles. The number of oxime groups is 1. The number of nitrogen functional groups attached to an aromatic ring is 1. The zero-order valence-electron chi connectivity index (χ0n) is 25.5. The predicted octanol–water partition coefficient (Wildman–Crippen LogP) is -5.82. The van der Waals surface area contributed by atoms with Gasteiger partial charge in [-0.2, -0.15) is 8.42 Å². The molecule has 0 radical (unpaired) electrons. The van der Waals surface area contributed by atoms with Crippen LogP contribution in [0, 0.1) is 0 Å². The summed E-state index contributed by atoms with van der Waals surface area (Å²) in [5.74, 6) is -5.19. The minimum absolute atomic E-state index is 0. The number of aromatic nitrogens is 2. The van der Waals surface area contributed by atoms with E-state index < -0.39 is 87.6 Å². The fraction of sp³-hybridized carbons (Fsp3) is 0.318. The fourth-order valence-corrected chi connectivity index (χ4v) is 5.20. The third-order valence-electron chi connectivity index (χ3n) is 6.19. The number of carboxylic acid groups (broad SMARTS) is 1. The second-order valence-electron chi connectivity index (χ2n) is 9.85. The number of amides is 7. The molecule has 2 aromatic rings. The van der Waals surface area contributed by atoms with Crippen molar-refractivity contribution in [2.24, 2.45) is 5.16 Å². The zero-order chi connectivity index (χ0) is 34.1. The molecular formula is C22H25N10NaO12S2. The predicted molar refractivity (Wildman–Crippen MR) is 153 cm³/mol. The maximum Gasteiger partial charge on any atom is 1.00 e. The molecule has 2 fully saturated rings. The first-order chi connectivity index (χ1) is 21.4. The summed E-state index contributed by atoms with van der Waals surface area (Å²) >= 11 is 0.928. The summed E-state index contributed by atoms with van der Waals surface area (Å²) in [5.41, 5.74) is 3.93. The number of urea groups is 2. The Morgan fingerprint density at radius 2 is 1.91 bits per heavy atom. The number of β-lactam (4-membered cyclic amide) rings is 1. The molecule has 2 aliphatic heterocycles. The standard InChI is InChI=1S/C22H24N10O12S2.Na.H/c1-22(2,18(38)39)44-28-14(11-8-45-19(23)26-11)16(36)25-10-7-30(17(10)37)20(40)29-46(42,43)32-4-3-31(21(32)41)27-15(35)9-5-12(33)13(34)6-24-9;;/h5-6,8,10,34H,3-4,7H2,1-2H3,(H2,23,26)(H,24,33)(H,25,36)(H,27,35)(H,29,40)(H,38,39);;/q;+1;-1/t10-;;/m0../s1. The molecule has 248 valence electrons. The third-order valence-corrected chi connectivity index (χ3v) is 8.22. The first-order valence-corrected chi connectivity index (χ1v) is 14.9. The largest absolute Gasteiger partial charge is 1.00 e. The van der Waals surface area contributed by atoms with Gasteiger partial charge in [0.05, 0.1) is 19.6 Å². The fourth-order valence-electron chi connectivity index (χ4n) is 3.58. The molecular weight excluding hydrogens is 683 g/mol. The van der Waals surface area contributed by atoms with Gasteiger partial charge in [0.1, 0.15) is 17.4 Å². The number of aromatic amines is 1. The van der Waals surface area contributed by atoms with Gasteiger partial charge in [0.15, 0.2) is 16.6 Å². The van der Waals surface area contributed by atoms with Crippen molar-refractivity contribution in [3.8, 4) is 5.75 Å². The molecule has 0 aliphatic carbocycles. The van der Waals surface area contributed by atoms with Gasteiger partial charge in [-0.05, 0) is 13.8 Å².